The first-order chi connectivity index (χ1) is 8.24. The molecule has 2 aromatic rings. The van der Waals surface area contributed by atoms with Crippen LogP contribution < -0.4 is 11.1 Å². The monoisotopic (exact) mass is 248 g/mol. The van der Waals surface area contributed by atoms with Gasteiger partial charge in [0.05, 0.1) is 5.56 Å². The summed E-state index contributed by atoms with van der Waals surface area (Å²) in [5, 5.41) is 17.9. The second-order valence-electron chi connectivity index (χ2n) is 2.59. The van der Waals surface area contributed by atoms with Gasteiger partial charge in [-0.3, -0.25) is 15.1 Å². The van der Waals surface area contributed by atoms with Crippen LogP contribution in [-0.2, 0) is 0 Å². The highest BCUT2D eigenvalue weighted by Gasteiger charge is 1.94. The number of rotatable bonds is 2. The highest BCUT2D eigenvalue weighted by Crippen LogP contribution is 2.05. The molecule has 0 unspecified atom stereocenters. The lowest BCUT2D eigenvalue weighted by Crippen LogP contribution is -2.10. The molecule has 0 saturated carbocycles. The lowest BCUT2D eigenvalue weighted by atomic mass is 10.3. The van der Waals surface area contributed by atoms with Crippen molar-refractivity contribution in [1.82, 2.24) is 15.2 Å². The number of anilines is 1. The smallest absolute Gasteiger partial charge is 0.250 e. The van der Waals surface area contributed by atoms with Gasteiger partial charge >= 0.3 is 0 Å². The summed E-state index contributed by atoms with van der Waals surface area (Å²) in [6.45, 7) is 0. The van der Waals surface area contributed by atoms with Crippen LogP contribution in [0.4, 0.5) is 5.13 Å². The number of aromatic nitrogens is 3. The Bertz CT molecular complexity index is 492. The number of carbonyl (C=O) groups excluding carboxylic acids is 1. The summed E-state index contributed by atoms with van der Waals surface area (Å²) in [5.41, 5.74) is 6.93. The fraction of sp³-hybridized carbons (Fsp3) is 0. The number of nitrogens with zero attached hydrogens (tertiary/aromatic N) is 4. The molecule has 8 heteroatoms. The van der Waals surface area contributed by atoms with Crippen LogP contribution in [0.2, 0.25) is 0 Å². The van der Waals surface area contributed by atoms with Crippen molar-refractivity contribution in [2.24, 2.45) is 5.73 Å². The third-order valence-corrected chi connectivity index (χ3v) is 2.08. The highest BCUT2D eigenvalue weighted by atomic mass is 32.1. The number of pyridine rings is 1. The molecule has 0 aliphatic rings. The zero-order chi connectivity index (χ0) is 12.5. The van der Waals surface area contributed by atoms with Gasteiger partial charge in [-0.2, -0.15) is 5.26 Å². The molecule has 1 amide bonds. The third-order valence-electron chi connectivity index (χ3n) is 1.47. The second-order valence-corrected chi connectivity index (χ2v) is 3.42. The van der Waals surface area contributed by atoms with E-state index in [-0.39, 0.29) is 0 Å². The molecule has 0 aromatic carbocycles. The number of primary amides is 1. The number of hydrogen-bond donors (Lipinski definition) is 2. The number of nitrogens with two attached hydrogens (primary N) is 1. The second kappa shape index (κ2) is 6.86. The highest BCUT2D eigenvalue weighted by molar-refractivity contribution is 7.13. The molecule has 0 spiro atoms. The summed E-state index contributed by atoms with van der Waals surface area (Å²) in [4.78, 5) is 14.1. The van der Waals surface area contributed by atoms with Crippen LogP contribution in [0.1, 0.15) is 10.4 Å². The zero-order valence-corrected chi connectivity index (χ0v) is 9.39. The average Bonchev–Trinajstić information content (AvgIpc) is 2.84. The van der Waals surface area contributed by atoms with Gasteiger partial charge in [0.2, 0.25) is 11.0 Å². The van der Waals surface area contributed by atoms with Gasteiger partial charge in [-0.25, -0.2) is 0 Å². The fourth-order valence-electron chi connectivity index (χ4n) is 0.784. The van der Waals surface area contributed by atoms with Gasteiger partial charge in [0.1, 0.15) is 5.51 Å². The van der Waals surface area contributed by atoms with Gasteiger partial charge in [-0.15, -0.1) is 10.2 Å². The Morgan fingerprint density at radius 3 is 2.82 bits per heavy atom. The molecule has 0 saturated heterocycles. The van der Waals surface area contributed by atoms with Crippen molar-refractivity contribution in [2.75, 3.05) is 5.32 Å². The molecule has 2 rings (SSSR count). The van der Waals surface area contributed by atoms with Gasteiger partial charge < -0.3 is 5.73 Å². The standard InChI is InChI=1S/C6H6N2O.C3H2N4S/c7-6(9)5-2-1-3-8-4-5;4-1-5-3-7-6-2-8-3/h1-4H,(H2,7,9);2H,(H,5,7). The van der Waals surface area contributed by atoms with E-state index in [2.05, 4.69) is 20.5 Å². The van der Waals surface area contributed by atoms with Gasteiger partial charge in [0.15, 0.2) is 6.19 Å². The Hall–Kier alpha value is -2.53. The molecular formula is C9H8N6OS. The van der Waals surface area contributed by atoms with Crippen molar-refractivity contribution in [3.8, 4) is 6.19 Å². The quantitative estimate of drug-likeness (QED) is 0.594. The molecule has 0 radical (unpaired) electrons. The summed E-state index contributed by atoms with van der Waals surface area (Å²) in [5.74, 6) is -0.442. The van der Waals surface area contributed by atoms with Crippen LogP contribution in [0.15, 0.2) is 30.0 Å². The summed E-state index contributed by atoms with van der Waals surface area (Å²) in [6.07, 6.45) is 4.75. The molecule has 86 valence electrons. The molecule has 0 bridgehead atoms. The third kappa shape index (κ3) is 4.67. The minimum Gasteiger partial charge on any atom is -0.366 e. The average molecular weight is 248 g/mol. The van der Waals surface area contributed by atoms with E-state index in [1.807, 2.05) is 0 Å². The van der Waals surface area contributed by atoms with E-state index in [1.54, 1.807) is 30.0 Å². The van der Waals surface area contributed by atoms with Crippen LogP contribution in [0.3, 0.4) is 0 Å². The lowest BCUT2D eigenvalue weighted by Gasteiger charge is -1.88. The Balaban J connectivity index is 0.000000171. The minimum absolute atomic E-state index is 0.442. The summed E-state index contributed by atoms with van der Waals surface area (Å²) in [6, 6.07) is 3.29. The van der Waals surface area contributed by atoms with E-state index < -0.39 is 5.91 Å². The molecule has 7 nitrogen and oxygen atoms in total. The van der Waals surface area contributed by atoms with Crippen molar-refractivity contribution in [3.05, 3.63) is 35.6 Å². The van der Waals surface area contributed by atoms with Crippen molar-refractivity contribution in [2.45, 2.75) is 0 Å². The fourth-order valence-corrected chi connectivity index (χ4v) is 1.18. The molecule has 0 aliphatic carbocycles. The predicted molar refractivity (Wildman–Crippen MR) is 61.9 cm³/mol. The lowest BCUT2D eigenvalue weighted by molar-refractivity contribution is 0.1000. The van der Waals surface area contributed by atoms with Crippen molar-refractivity contribution in [3.63, 3.8) is 0 Å². The minimum atomic E-state index is -0.442. The first-order valence-electron chi connectivity index (χ1n) is 4.35. The van der Waals surface area contributed by atoms with Crippen LogP contribution in [0.25, 0.3) is 0 Å². The molecule has 17 heavy (non-hydrogen) atoms. The van der Waals surface area contributed by atoms with E-state index in [4.69, 9.17) is 11.0 Å². The van der Waals surface area contributed by atoms with Gasteiger partial charge in [-0.1, -0.05) is 11.3 Å². The number of hydrogen-bond acceptors (Lipinski definition) is 7. The van der Waals surface area contributed by atoms with E-state index in [9.17, 15) is 4.79 Å². The normalized spacial score (nSPS) is 8.41. The van der Waals surface area contributed by atoms with Gasteiger partial charge in [0.25, 0.3) is 0 Å². The number of nitriles is 1. The molecule has 3 N–H and O–H groups in total. The predicted octanol–water partition coefficient (Wildman–Crippen LogP) is 0.612. The number of nitrogens with one attached hydrogen (secondary N) is 1. The van der Waals surface area contributed by atoms with Crippen LogP contribution in [0, 0.1) is 11.5 Å². The maximum atomic E-state index is 10.4. The molecule has 0 atom stereocenters. The Morgan fingerprint density at radius 2 is 2.41 bits per heavy atom. The summed E-state index contributed by atoms with van der Waals surface area (Å²) < 4.78 is 0. The van der Waals surface area contributed by atoms with Gasteiger partial charge in [-0.05, 0) is 12.1 Å². The Morgan fingerprint density at radius 1 is 1.59 bits per heavy atom. The zero-order valence-electron chi connectivity index (χ0n) is 8.57. The number of carbonyl (C=O) groups is 1. The SMILES string of the molecule is N#CNc1nncs1.NC(=O)c1cccnc1. The first kappa shape index (κ1) is 12.5. The van der Waals surface area contributed by atoms with Crippen molar-refractivity contribution < 1.29 is 4.79 Å². The topological polar surface area (TPSA) is 118 Å². The molecule has 0 fully saturated rings. The largest absolute Gasteiger partial charge is 0.366 e. The van der Waals surface area contributed by atoms with Crippen molar-refractivity contribution in [1.29, 1.82) is 5.26 Å². The molecule has 2 heterocycles. The van der Waals surface area contributed by atoms with Gasteiger partial charge in [0, 0.05) is 12.4 Å². The Labute approximate surface area is 101 Å². The maximum absolute atomic E-state index is 10.4. The maximum Gasteiger partial charge on any atom is 0.250 e. The first-order valence-corrected chi connectivity index (χ1v) is 5.23. The molecule has 2 aromatic heterocycles. The van der Waals surface area contributed by atoms with Crippen LogP contribution >= 0.6 is 11.3 Å². The van der Waals surface area contributed by atoms with E-state index >= 15 is 0 Å². The molecule has 0 aliphatic heterocycles. The van der Waals surface area contributed by atoms with Crippen LogP contribution in [0.5, 0.6) is 0 Å². The van der Waals surface area contributed by atoms with E-state index in [1.165, 1.54) is 17.5 Å². The van der Waals surface area contributed by atoms with Crippen molar-refractivity contribution >= 4 is 22.4 Å². The van der Waals surface area contributed by atoms with Crippen LogP contribution in [-0.4, -0.2) is 21.1 Å². The van der Waals surface area contributed by atoms with E-state index in [0.29, 0.717) is 10.7 Å². The number of amides is 1. The summed E-state index contributed by atoms with van der Waals surface area (Å²) in [7, 11) is 0. The molecular weight excluding hydrogens is 240 g/mol. The van der Waals surface area contributed by atoms with E-state index in [0.717, 1.165) is 0 Å². The summed E-state index contributed by atoms with van der Waals surface area (Å²) >= 11 is 1.29. The Kier molecular flexibility index (Phi) is 5.06.